The highest BCUT2D eigenvalue weighted by atomic mass is 16.5. The summed E-state index contributed by atoms with van der Waals surface area (Å²) < 4.78 is 6.47. The Balaban J connectivity index is 1.80. The van der Waals surface area contributed by atoms with E-state index in [4.69, 9.17) is 10.6 Å². The van der Waals surface area contributed by atoms with Gasteiger partial charge in [0.1, 0.15) is 5.75 Å². The second kappa shape index (κ2) is 4.80. The van der Waals surface area contributed by atoms with Gasteiger partial charge in [-0.2, -0.15) is 0 Å². The number of fused-ring (bicyclic) bond motifs is 5. The van der Waals surface area contributed by atoms with Crippen molar-refractivity contribution in [2.75, 3.05) is 18.3 Å². The first kappa shape index (κ1) is 13.2. The zero-order valence-electron chi connectivity index (χ0n) is 12.5. The Labute approximate surface area is 128 Å². The molecule has 0 aliphatic heterocycles. The molecular formula is C17H19N3O2. The Morgan fingerprint density at radius 2 is 2.05 bits per heavy atom. The molecule has 1 aromatic carbocycles. The molecular weight excluding hydrogens is 278 g/mol. The quantitative estimate of drug-likeness (QED) is 0.855. The van der Waals surface area contributed by atoms with Crippen LogP contribution in [0.25, 0.3) is 0 Å². The maximum Gasteiger partial charge on any atom is 0.272 e. The number of hydrogen-bond acceptors (Lipinski definition) is 4. The van der Waals surface area contributed by atoms with Crippen molar-refractivity contribution >= 4 is 11.4 Å². The molecule has 22 heavy (non-hydrogen) atoms. The van der Waals surface area contributed by atoms with Crippen LogP contribution in [0.5, 0.6) is 5.75 Å². The molecule has 5 nitrogen and oxygen atoms in total. The highest BCUT2D eigenvalue weighted by Gasteiger charge is 2.41. The van der Waals surface area contributed by atoms with E-state index in [2.05, 4.69) is 5.32 Å². The molecule has 0 saturated heterocycles. The number of methoxy groups -OCH3 is 1. The highest BCUT2D eigenvalue weighted by molar-refractivity contribution is 5.67. The molecule has 1 heterocycles. The maximum atomic E-state index is 12.3. The van der Waals surface area contributed by atoms with Crippen molar-refractivity contribution in [2.45, 2.75) is 31.1 Å². The Bertz CT molecular complexity index is 797. The van der Waals surface area contributed by atoms with Gasteiger partial charge in [0.25, 0.3) is 5.56 Å². The number of benzene rings is 1. The second-order valence-corrected chi connectivity index (χ2v) is 6.15. The van der Waals surface area contributed by atoms with Gasteiger partial charge in [-0.1, -0.05) is 6.07 Å². The van der Waals surface area contributed by atoms with Crippen molar-refractivity contribution in [2.24, 2.45) is 0 Å². The maximum absolute atomic E-state index is 12.3. The van der Waals surface area contributed by atoms with Crippen molar-refractivity contribution in [1.82, 2.24) is 4.68 Å². The Kier molecular flexibility index (Phi) is 2.89. The van der Waals surface area contributed by atoms with Crippen molar-refractivity contribution in [3.05, 3.63) is 51.9 Å². The van der Waals surface area contributed by atoms with Crippen LogP contribution in [0.4, 0.5) is 11.4 Å². The SMILES string of the molecule is COc1cccc(Nc2cn(N)c(=O)c3c2C2CCC3C2)c1. The van der Waals surface area contributed by atoms with Crippen molar-refractivity contribution in [1.29, 1.82) is 0 Å². The molecule has 2 aliphatic carbocycles. The summed E-state index contributed by atoms with van der Waals surface area (Å²) in [6, 6.07) is 7.76. The molecule has 2 unspecified atom stereocenters. The molecule has 1 fully saturated rings. The fourth-order valence-corrected chi connectivity index (χ4v) is 3.96. The van der Waals surface area contributed by atoms with E-state index in [-0.39, 0.29) is 5.56 Å². The molecule has 0 radical (unpaired) electrons. The Morgan fingerprint density at radius 3 is 2.82 bits per heavy atom. The van der Waals surface area contributed by atoms with E-state index in [9.17, 15) is 4.79 Å². The van der Waals surface area contributed by atoms with E-state index in [0.717, 1.165) is 35.5 Å². The molecule has 5 heteroatoms. The summed E-state index contributed by atoms with van der Waals surface area (Å²) in [6.07, 6.45) is 5.07. The van der Waals surface area contributed by atoms with Gasteiger partial charge in [-0.15, -0.1) is 0 Å². The zero-order valence-corrected chi connectivity index (χ0v) is 12.5. The summed E-state index contributed by atoms with van der Waals surface area (Å²) in [7, 11) is 1.65. The number of ether oxygens (including phenoxy) is 1. The largest absolute Gasteiger partial charge is 0.497 e. The van der Waals surface area contributed by atoms with Gasteiger partial charge in [0.2, 0.25) is 0 Å². The number of nitrogens with zero attached hydrogens (tertiary/aromatic N) is 1. The average Bonchev–Trinajstić information content (AvgIpc) is 3.14. The summed E-state index contributed by atoms with van der Waals surface area (Å²) in [5.41, 5.74) is 3.93. The van der Waals surface area contributed by atoms with Crippen LogP contribution in [-0.4, -0.2) is 11.8 Å². The lowest BCUT2D eigenvalue weighted by Gasteiger charge is -2.20. The van der Waals surface area contributed by atoms with Crippen LogP contribution in [0, 0.1) is 0 Å². The van der Waals surface area contributed by atoms with E-state index in [1.54, 1.807) is 13.3 Å². The lowest BCUT2D eigenvalue weighted by molar-refractivity contribution is 0.415. The number of nitrogens with one attached hydrogen (secondary N) is 1. The van der Waals surface area contributed by atoms with Gasteiger partial charge in [-0.05, 0) is 48.8 Å². The van der Waals surface area contributed by atoms with E-state index < -0.39 is 0 Å². The number of rotatable bonds is 3. The number of anilines is 2. The van der Waals surface area contributed by atoms with Crippen LogP contribution in [0.1, 0.15) is 42.2 Å². The summed E-state index contributed by atoms with van der Waals surface area (Å²) in [4.78, 5) is 12.3. The minimum atomic E-state index is -0.0432. The van der Waals surface area contributed by atoms with Crippen molar-refractivity contribution in [3.63, 3.8) is 0 Å². The first-order chi connectivity index (χ1) is 10.7. The molecule has 2 atom stereocenters. The summed E-state index contributed by atoms with van der Waals surface area (Å²) >= 11 is 0. The molecule has 1 aromatic heterocycles. The third kappa shape index (κ3) is 1.89. The van der Waals surface area contributed by atoms with Crippen LogP contribution in [0.2, 0.25) is 0 Å². The van der Waals surface area contributed by atoms with Crippen LogP contribution in [0.3, 0.4) is 0 Å². The van der Waals surface area contributed by atoms with Crippen LogP contribution < -0.4 is 21.5 Å². The van der Waals surface area contributed by atoms with Gasteiger partial charge in [0.05, 0.1) is 19.0 Å². The molecule has 0 spiro atoms. The summed E-state index contributed by atoms with van der Waals surface area (Å²) in [5.74, 6) is 7.54. The van der Waals surface area contributed by atoms with Crippen LogP contribution in [0.15, 0.2) is 35.3 Å². The van der Waals surface area contributed by atoms with E-state index >= 15 is 0 Å². The highest BCUT2D eigenvalue weighted by Crippen LogP contribution is 2.54. The third-order valence-corrected chi connectivity index (χ3v) is 4.91. The van der Waals surface area contributed by atoms with E-state index in [0.29, 0.717) is 11.8 Å². The van der Waals surface area contributed by atoms with Crippen molar-refractivity contribution < 1.29 is 4.74 Å². The lowest BCUT2D eigenvalue weighted by Crippen LogP contribution is -2.31. The standard InChI is InChI=1S/C17H19N3O2/c1-22-13-4-2-3-12(8-13)19-14-9-20(18)17(21)16-11-6-5-10(7-11)15(14)16/h2-4,8-11,19H,5-7,18H2,1H3. The normalized spacial score (nSPS) is 21.7. The molecule has 0 amide bonds. The van der Waals surface area contributed by atoms with Gasteiger partial charge in [-0.25, -0.2) is 4.68 Å². The number of nitrogens with two attached hydrogens (primary N) is 1. The molecule has 2 aliphatic rings. The molecule has 114 valence electrons. The predicted molar refractivity (Wildman–Crippen MR) is 86.5 cm³/mol. The van der Waals surface area contributed by atoms with E-state index in [1.807, 2.05) is 24.3 Å². The topological polar surface area (TPSA) is 69.3 Å². The number of pyridine rings is 1. The summed E-state index contributed by atoms with van der Waals surface area (Å²) in [6.45, 7) is 0. The minimum absolute atomic E-state index is 0.0432. The fraction of sp³-hybridized carbons (Fsp3) is 0.353. The molecule has 3 N–H and O–H groups in total. The molecule has 1 saturated carbocycles. The second-order valence-electron chi connectivity index (χ2n) is 6.15. The van der Waals surface area contributed by atoms with Gasteiger partial charge in [0, 0.05) is 17.3 Å². The Morgan fingerprint density at radius 1 is 1.27 bits per heavy atom. The van der Waals surface area contributed by atoms with Gasteiger partial charge in [0.15, 0.2) is 0 Å². The first-order valence-electron chi connectivity index (χ1n) is 7.63. The number of aromatic nitrogens is 1. The lowest BCUT2D eigenvalue weighted by atomic mass is 9.92. The van der Waals surface area contributed by atoms with Gasteiger partial charge in [-0.3, -0.25) is 4.79 Å². The number of hydrogen-bond donors (Lipinski definition) is 2. The first-order valence-corrected chi connectivity index (χ1v) is 7.63. The minimum Gasteiger partial charge on any atom is -0.497 e. The van der Waals surface area contributed by atoms with E-state index in [1.165, 1.54) is 16.7 Å². The third-order valence-electron chi connectivity index (χ3n) is 4.91. The van der Waals surface area contributed by atoms with Crippen LogP contribution in [-0.2, 0) is 0 Å². The average molecular weight is 297 g/mol. The summed E-state index contributed by atoms with van der Waals surface area (Å²) in [5, 5.41) is 3.41. The van der Waals surface area contributed by atoms with Gasteiger partial charge < -0.3 is 15.9 Å². The zero-order chi connectivity index (χ0) is 15.3. The van der Waals surface area contributed by atoms with Crippen molar-refractivity contribution in [3.8, 4) is 5.75 Å². The van der Waals surface area contributed by atoms with Gasteiger partial charge >= 0.3 is 0 Å². The predicted octanol–water partition coefficient (Wildman–Crippen LogP) is 2.68. The molecule has 2 aromatic rings. The molecule has 4 rings (SSSR count). The van der Waals surface area contributed by atoms with Crippen LogP contribution >= 0.6 is 0 Å². The Hall–Kier alpha value is -2.43. The number of nitrogen functional groups attached to an aromatic ring is 1. The fourth-order valence-electron chi connectivity index (χ4n) is 3.96. The monoisotopic (exact) mass is 297 g/mol. The molecule has 2 bridgehead atoms. The smallest absolute Gasteiger partial charge is 0.272 e.